The highest BCUT2D eigenvalue weighted by molar-refractivity contribution is 7.89. The summed E-state index contributed by atoms with van der Waals surface area (Å²) in [4.78, 5) is 11.0. The molecule has 0 bridgehead atoms. The second-order valence-corrected chi connectivity index (χ2v) is 9.35. The predicted octanol–water partition coefficient (Wildman–Crippen LogP) is 2.56. The van der Waals surface area contributed by atoms with Crippen LogP contribution in [0.5, 0.6) is 11.5 Å². The molecule has 2 rings (SSSR count). The molecular weight excluding hydrogens is 434 g/mol. The van der Waals surface area contributed by atoms with Gasteiger partial charge in [-0.25, -0.2) is 17.9 Å². The number of carboxylic acids is 1. The van der Waals surface area contributed by atoms with Gasteiger partial charge in [0.15, 0.2) is 6.10 Å². The van der Waals surface area contributed by atoms with Crippen LogP contribution in [0.3, 0.4) is 0 Å². The molecule has 10 heteroatoms. The highest BCUT2D eigenvalue weighted by atomic mass is 32.2. The third-order valence-electron chi connectivity index (χ3n) is 4.92. The number of benzene rings is 2. The standard InChI is InChI=1S/C22H29N3O6S/c1-4-18(22(27)28)31-19-11-15(13(2)3)6-5-14(19)9-10-25-32(29,30)20-12-16(21(23)24)7-8-17(20)26/h5-8,11-13,18,25-26H,4,9-10H2,1-3H3,(H3,23,24)(H,27,28). The van der Waals surface area contributed by atoms with Gasteiger partial charge in [0.25, 0.3) is 0 Å². The van der Waals surface area contributed by atoms with Crippen molar-refractivity contribution in [2.24, 2.45) is 5.73 Å². The zero-order chi connectivity index (χ0) is 24.1. The number of amidine groups is 1. The number of carboxylic acid groups (broad SMARTS) is 1. The molecule has 9 nitrogen and oxygen atoms in total. The second kappa shape index (κ2) is 10.5. The molecule has 0 aliphatic carbocycles. The fraction of sp³-hybridized carbons (Fsp3) is 0.364. The lowest BCUT2D eigenvalue weighted by Gasteiger charge is -2.19. The van der Waals surface area contributed by atoms with E-state index >= 15 is 0 Å². The van der Waals surface area contributed by atoms with Crippen molar-refractivity contribution in [2.45, 2.75) is 50.5 Å². The lowest BCUT2D eigenvalue weighted by molar-refractivity contribution is -0.145. The number of hydrogen-bond acceptors (Lipinski definition) is 6. The SMILES string of the molecule is CCC(Oc1cc(C(C)C)ccc1CCNS(=O)(=O)c1cc(C(=N)N)ccc1O)C(=O)O. The normalized spacial score (nSPS) is 12.5. The number of sulfonamides is 1. The number of rotatable bonds is 11. The molecule has 0 amide bonds. The van der Waals surface area contributed by atoms with Crippen LogP contribution in [0.1, 0.15) is 49.8 Å². The number of phenolic OH excluding ortho intramolecular Hbond substituents is 1. The van der Waals surface area contributed by atoms with E-state index in [9.17, 15) is 23.4 Å². The lowest BCUT2D eigenvalue weighted by Crippen LogP contribution is -2.28. The monoisotopic (exact) mass is 463 g/mol. The average Bonchev–Trinajstić information content (AvgIpc) is 2.72. The van der Waals surface area contributed by atoms with Crippen LogP contribution in [-0.4, -0.2) is 43.1 Å². The maximum atomic E-state index is 12.7. The molecule has 0 aromatic heterocycles. The maximum absolute atomic E-state index is 12.7. The van der Waals surface area contributed by atoms with Crippen LogP contribution in [-0.2, 0) is 21.2 Å². The van der Waals surface area contributed by atoms with E-state index in [1.54, 1.807) is 19.1 Å². The Bertz CT molecular complexity index is 1100. The first-order chi connectivity index (χ1) is 15.0. The Hall–Kier alpha value is -3.11. The molecule has 1 unspecified atom stereocenters. The molecular formula is C22H29N3O6S. The number of nitrogens with one attached hydrogen (secondary N) is 2. The summed E-state index contributed by atoms with van der Waals surface area (Å²) in [5.74, 6) is -1.26. The first-order valence-corrected chi connectivity index (χ1v) is 11.6. The van der Waals surface area contributed by atoms with Gasteiger partial charge in [0, 0.05) is 12.1 Å². The van der Waals surface area contributed by atoms with Gasteiger partial charge in [-0.2, -0.15) is 0 Å². The second-order valence-electron chi connectivity index (χ2n) is 7.62. The predicted molar refractivity (Wildman–Crippen MR) is 121 cm³/mol. The molecule has 0 heterocycles. The summed E-state index contributed by atoms with van der Waals surface area (Å²) >= 11 is 0. The van der Waals surface area contributed by atoms with E-state index in [1.165, 1.54) is 12.1 Å². The highest BCUT2D eigenvalue weighted by Crippen LogP contribution is 2.27. The number of nitrogen functional groups attached to an aromatic ring is 1. The van der Waals surface area contributed by atoms with Crippen LogP contribution in [0, 0.1) is 5.41 Å². The van der Waals surface area contributed by atoms with Crippen molar-refractivity contribution in [2.75, 3.05) is 6.54 Å². The largest absolute Gasteiger partial charge is 0.507 e. The number of aliphatic carboxylic acids is 1. The number of hydrogen-bond donors (Lipinski definition) is 5. The molecule has 0 aliphatic heterocycles. The van der Waals surface area contributed by atoms with Crippen molar-refractivity contribution < 1.29 is 28.2 Å². The zero-order valence-electron chi connectivity index (χ0n) is 18.3. The first-order valence-electron chi connectivity index (χ1n) is 10.2. The molecule has 2 aromatic carbocycles. The van der Waals surface area contributed by atoms with Crippen LogP contribution in [0.25, 0.3) is 0 Å². The summed E-state index contributed by atoms with van der Waals surface area (Å²) in [6.45, 7) is 5.69. The summed E-state index contributed by atoms with van der Waals surface area (Å²) in [6.07, 6.45) is -0.506. The van der Waals surface area contributed by atoms with E-state index in [2.05, 4.69) is 4.72 Å². The first kappa shape index (κ1) is 25.2. The third-order valence-corrected chi connectivity index (χ3v) is 6.41. The van der Waals surface area contributed by atoms with Gasteiger partial charge in [0.1, 0.15) is 22.2 Å². The molecule has 0 saturated carbocycles. The number of aromatic hydroxyl groups is 1. The minimum absolute atomic E-state index is 0.0205. The molecule has 0 saturated heterocycles. The van der Waals surface area contributed by atoms with Gasteiger partial charge in [0.05, 0.1) is 0 Å². The van der Waals surface area contributed by atoms with Gasteiger partial charge in [0.2, 0.25) is 10.0 Å². The number of ether oxygens (including phenoxy) is 1. The van der Waals surface area contributed by atoms with Gasteiger partial charge in [-0.1, -0.05) is 32.9 Å². The number of nitrogens with two attached hydrogens (primary N) is 1. The molecule has 6 N–H and O–H groups in total. The van der Waals surface area contributed by atoms with Gasteiger partial charge in [-0.05, 0) is 54.2 Å². The molecule has 0 radical (unpaired) electrons. The fourth-order valence-corrected chi connectivity index (χ4v) is 4.15. The van der Waals surface area contributed by atoms with Crippen LogP contribution in [0.4, 0.5) is 0 Å². The maximum Gasteiger partial charge on any atom is 0.344 e. The summed E-state index contributed by atoms with van der Waals surface area (Å²) in [5.41, 5.74) is 7.19. The van der Waals surface area contributed by atoms with Gasteiger partial charge in [-0.15, -0.1) is 0 Å². The van der Waals surface area contributed by atoms with Crippen molar-refractivity contribution in [1.82, 2.24) is 4.72 Å². The quantitative estimate of drug-likeness (QED) is 0.252. The molecule has 32 heavy (non-hydrogen) atoms. The van der Waals surface area contributed by atoms with Crippen molar-refractivity contribution >= 4 is 21.8 Å². The lowest BCUT2D eigenvalue weighted by atomic mass is 9.99. The number of phenols is 1. The van der Waals surface area contributed by atoms with E-state index in [-0.39, 0.29) is 41.6 Å². The van der Waals surface area contributed by atoms with Crippen LogP contribution in [0.2, 0.25) is 0 Å². The zero-order valence-corrected chi connectivity index (χ0v) is 19.1. The Labute approximate surface area is 187 Å². The summed E-state index contributed by atoms with van der Waals surface area (Å²) in [6, 6.07) is 9.11. The van der Waals surface area contributed by atoms with E-state index in [1.807, 2.05) is 19.9 Å². The molecule has 0 spiro atoms. The summed E-state index contributed by atoms with van der Waals surface area (Å²) < 4.78 is 33.5. The molecule has 174 valence electrons. The fourth-order valence-electron chi connectivity index (χ4n) is 3.00. The molecule has 0 aliphatic rings. The van der Waals surface area contributed by atoms with E-state index in [0.29, 0.717) is 11.3 Å². The van der Waals surface area contributed by atoms with Crippen molar-refractivity contribution in [3.8, 4) is 11.5 Å². The number of carbonyl (C=O) groups is 1. The minimum Gasteiger partial charge on any atom is -0.507 e. The van der Waals surface area contributed by atoms with Crippen molar-refractivity contribution in [1.29, 1.82) is 5.41 Å². The Morgan fingerprint density at radius 3 is 2.47 bits per heavy atom. The molecule has 0 fully saturated rings. The highest BCUT2D eigenvalue weighted by Gasteiger charge is 2.21. The smallest absolute Gasteiger partial charge is 0.344 e. The van der Waals surface area contributed by atoms with E-state index in [0.717, 1.165) is 11.6 Å². The molecule has 2 aromatic rings. The van der Waals surface area contributed by atoms with Crippen LogP contribution >= 0.6 is 0 Å². The van der Waals surface area contributed by atoms with Crippen LogP contribution in [0.15, 0.2) is 41.3 Å². The Morgan fingerprint density at radius 2 is 1.91 bits per heavy atom. The minimum atomic E-state index is -4.08. The average molecular weight is 464 g/mol. The third kappa shape index (κ3) is 6.21. The van der Waals surface area contributed by atoms with Crippen molar-refractivity contribution in [3.05, 3.63) is 53.1 Å². The van der Waals surface area contributed by atoms with E-state index < -0.39 is 27.8 Å². The van der Waals surface area contributed by atoms with Crippen LogP contribution < -0.4 is 15.2 Å². The summed E-state index contributed by atoms with van der Waals surface area (Å²) in [7, 11) is -4.08. The Balaban J connectivity index is 2.23. The van der Waals surface area contributed by atoms with Gasteiger partial charge >= 0.3 is 5.97 Å². The topological polar surface area (TPSA) is 163 Å². The van der Waals surface area contributed by atoms with Crippen molar-refractivity contribution in [3.63, 3.8) is 0 Å². The Kier molecular flexibility index (Phi) is 8.23. The summed E-state index contributed by atoms with van der Waals surface area (Å²) in [5, 5.41) is 26.8. The van der Waals surface area contributed by atoms with E-state index in [4.69, 9.17) is 15.9 Å². The van der Waals surface area contributed by atoms with Gasteiger partial charge < -0.3 is 20.7 Å². The molecule has 1 atom stereocenters. The Morgan fingerprint density at radius 1 is 1.22 bits per heavy atom. The van der Waals surface area contributed by atoms with Gasteiger partial charge in [-0.3, -0.25) is 5.41 Å².